The van der Waals surface area contributed by atoms with Crippen LogP contribution in [0.15, 0.2) is 6.20 Å². The second-order valence-electron chi connectivity index (χ2n) is 4.24. The molecule has 0 spiro atoms. The molecular formula is C10H17N3. The molecule has 1 unspecified atom stereocenters. The fourth-order valence-electron chi connectivity index (χ4n) is 2.30. The molecule has 0 amide bonds. The Balaban J connectivity index is 2.45. The van der Waals surface area contributed by atoms with Gasteiger partial charge >= 0.3 is 0 Å². The molecule has 0 bridgehead atoms. The first kappa shape index (κ1) is 8.75. The quantitative estimate of drug-likeness (QED) is 0.739. The van der Waals surface area contributed by atoms with Crippen molar-refractivity contribution in [1.29, 1.82) is 0 Å². The van der Waals surface area contributed by atoms with Crippen LogP contribution in [0, 0.1) is 6.92 Å². The van der Waals surface area contributed by atoms with E-state index in [1.807, 2.05) is 17.9 Å². The fraction of sp³-hybridized carbons (Fsp3) is 0.700. The van der Waals surface area contributed by atoms with Crippen LogP contribution in [0.2, 0.25) is 0 Å². The first-order valence-electron chi connectivity index (χ1n) is 4.82. The van der Waals surface area contributed by atoms with Crippen molar-refractivity contribution in [3.05, 3.63) is 17.5 Å². The van der Waals surface area contributed by atoms with Gasteiger partial charge in [0.25, 0.3) is 0 Å². The minimum Gasteiger partial charge on any atom is -0.327 e. The zero-order valence-electron chi connectivity index (χ0n) is 8.54. The lowest BCUT2D eigenvalue weighted by Gasteiger charge is -2.20. The van der Waals surface area contributed by atoms with Gasteiger partial charge in [-0.1, -0.05) is 0 Å². The molecule has 3 nitrogen and oxygen atoms in total. The molecule has 1 aliphatic rings. The largest absolute Gasteiger partial charge is 0.327 e. The van der Waals surface area contributed by atoms with Crippen LogP contribution in [0.3, 0.4) is 0 Å². The molecule has 1 saturated carbocycles. The average Bonchev–Trinajstić information content (AvgIpc) is 2.77. The Morgan fingerprint density at radius 3 is 2.54 bits per heavy atom. The van der Waals surface area contributed by atoms with Gasteiger partial charge in [0.2, 0.25) is 0 Å². The van der Waals surface area contributed by atoms with Gasteiger partial charge in [0.15, 0.2) is 0 Å². The van der Waals surface area contributed by atoms with Crippen LogP contribution in [-0.4, -0.2) is 15.8 Å². The standard InChI is InChI=1S/C10H17N3/c1-7-6-12-13(3)9(7)10(4-5-10)8(2)11/h6,8H,4-5,11H2,1-3H3. The maximum absolute atomic E-state index is 6.02. The van der Waals surface area contributed by atoms with Crippen molar-refractivity contribution < 1.29 is 0 Å². The second kappa shape index (κ2) is 2.58. The molecule has 1 aromatic heterocycles. The summed E-state index contributed by atoms with van der Waals surface area (Å²) < 4.78 is 1.98. The van der Waals surface area contributed by atoms with Crippen molar-refractivity contribution in [3.63, 3.8) is 0 Å². The maximum atomic E-state index is 6.02. The van der Waals surface area contributed by atoms with Crippen LogP contribution in [0.1, 0.15) is 31.0 Å². The van der Waals surface area contributed by atoms with Crippen molar-refractivity contribution in [1.82, 2.24) is 9.78 Å². The molecule has 2 rings (SSSR count). The molecule has 1 aromatic rings. The zero-order valence-corrected chi connectivity index (χ0v) is 8.54. The van der Waals surface area contributed by atoms with Gasteiger partial charge < -0.3 is 5.73 Å². The highest BCUT2D eigenvalue weighted by molar-refractivity contribution is 5.33. The van der Waals surface area contributed by atoms with Crippen molar-refractivity contribution in [3.8, 4) is 0 Å². The Bertz CT molecular complexity index is 301. The van der Waals surface area contributed by atoms with Crippen LogP contribution in [0.4, 0.5) is 0 Å². The molecule has 0 radical (unpaired) electrons. The predicted molar refractivity (Wildman–Crippen MR) is 52.5 cm³/mol. The lowest BCUT2D eigenvalue weighted by atomic mass is 9.92. The zero-order chi connectivity index (χ0) is 9.64. The summed E-state index contributed by atoms with van der Waals surface area (Å²) in [6.07, 6.45) is 4.36. The molecule has 2 N–H and O–H groups in total. The van der Waals surface area contributed by atoms with Gasteiger partial charge in [0.05, 0.1) is 6.20 Å². The second-order valence-corrected chi connectivity index (χ2v) is 4.24. The van der Waals surface area contributed by atoms with E-state index in [0.717, 1.165) is 0 Å². The Morgan fingerprint density at radius 2 is 2.23 bits per heavy atom. The SMILES string of the molecule is Cc1cnn(C)c1C1(C(C)N)CC1. The Kier molecular flexibility index (Phi) is 1.74. The van der Waals surface area contributed by atoms with E-state index >= 15 is 0 Å². The summed E-state index contributed by atoms with van der Waals surface area (Å²) >= 11 is 0. The van der Waals surface area contributed by atoms with Gasteiger partial charge in [-0.05, 0) is 32.3 Å². The summed E-state index contributed by atoms with van der Waals surface area (Å²) in [5.74, 6) is 0. The number of hydrogen-bond donors (Lipinski definition) is 1. The summed E-state index contributed by atoms with van der Waals surface area (Å²) in [4.78, 5) is 0. The van der Waals surface area contributed by atoms with E-state index in [2.05, 4.69) is 18.9 Å². The van der Waals surface area contributed by atoms with Crippen molar-refractivity contribution >= 4 is 0 Å². The smallest absolute Gasteiger partial charge is 0.0521 e. The summed E-state index contributed by atoms with van der Waals surface area (Å²) in [5, 5.41) is 4.27. The highest BCUT2D eigenvalue weighted by Crippen LogP contribution is 2.50. The monoisotopic (exact) mass is 179 g/mol. The number of rotatable bonds is 2. The van der Waals surface area contributed by atoms with E-state index in [1.165, 1.54) is 24.1 Å². The number of nitrogens with two attached hydrogens (primary N) is 1. The predicted octanol–water partition coefficient (Wildman–Crippen LogP) is 1.11. The number of aromatic nitrogens is 2. The molecule has 0 saturated heterocycles. The third-order valence-corrected chi connectivity index (χ3v) is 3.25. The van der Waals surface area contributed by atoms with Crippen molar-refractivity contribution in [2.75, 3.05) is 0 Å². The van der Waals surface area contributed by atoms with E-state index < -0.39 is 0 Å². The Hall–Kier alpha value is -0.830. The van der Waals surface area contributed by atoms with Crippen LogP contribution in [0.25, 0.3) is 0 Å². The first-order chi connectivity index (χ1) is 6.08. The van der Waals surface area contributed by atoms with Crippen LogP contribution >= 0.6 is 0 Å². The van der Waals surface area contributed by atoms with E-state index in [-0.39, 0.29) is 11.5 Å². The molecule has 1 aliphatic carbocycles. The van der Waals surface area contributed by atoms with E-state index in [4.69, 9.17) is 5.73 Å². The lowest BCUT2D eigenvalue weighted by molar-refractivity contribution is 0.508. The number of nitrogens with zero attached hydrogens (tertiary/aromatic N) is 2. The van der Waals surface area contributed by atoms with Gasteiger partial charge in [0.1, 0.15) is 0 Å². The van der Waals surface area contributed by atoms with E-state index in [1.54, 1.807) is 0 Å². The van der Waals surface area contributed by atoms with Gasteiger partial charge in [0, 0.05) is 24.2 Å². The van der Waals surface area contributed by atoms with Crippen molar-refractivity contribution in [2.24, 2.45) is 12.8 Å². The number of hydrogen-bond acceptors (Lipinski definition) is 2. The number of aryl methyl sites for hydroxylation is 2. The maximum Gasteiger partial charge on any atom is 0.0521 e. The summed E-state index contributed by atoms with van der Waals surface area (Å²) in [5.41, 5.74) is 8.86. The lowest BCUT2D eigenvalue weighted by Crippen LogP contribution is -2.33. The van der Waals surface area contributed by atoms with E-state index in [9.17, 15) is 0 Å². The van der Waals surface area contributed by atoms with Gasteiger partial charge in [-0.25, -0.2) is 0 Å². The van der Waals surface area contributed by atoms with Crippen LogP contribution in [-0.2, 0) is 12.5 Å². The van der Waals surface area contributed by atoms with E-state index in [0.29, 0.717) is 0 Å². The summed E-state index contributed by atoms with van der Waals surface area (Å²) in [6, 6.07) is 0.238. The van der Waals surface area contributed by atoms with Gasteiger partial charge in [-0.3, -0.25) is 4.68 Å². The average molecular weight is 179 g/mol. The highest BCUT2D eigenvalue weighted by Gasteiger charge is 2.50. The van der Waals surface area contributed by atoms with Crippen LogP contribution in [0.5, 0.6) is 0 Å². The van der Waals surface area contributed by atoms with Crippen molar-refractivity contribution in [2.45, 2.75) is 38.1 Å². The van der Waals surface area contributed by atoms with Gasteiger partial charge in [-0.2, -0.15) is 5.10 Å². The summed E-state index contributed by atoms with van der Waals surface area (Å²) in [7, 11) is 2.00. The van der Waals surface area contributed by atoms with Gasteiger partial charge in [-0.15, -0.1) is 0 Å². The minimum absolute atomic E-state index is 0.231. The molecule has 72 valence electrons. The molecule has 1 fully saturated rings. The topological polar surface area (TPSA) is 43.8 Å². The molecule has 13 heavy (non-hydrogen) atoms. The fourth-order valence-corrected chi connectivity index (χ4v) is 2.30. The van der Waals surface area contributed by atoms with Crippen LogP contribution < -0.4 is 5.73 Å². The molecule has 1 heterocycles. The summed E-state index contributed by atoms with van der Waals surface area (Å²) in [6.45, 7) is 4.21. The third kappa shape index (κ3) is 1.10. The molecule has 1 atom stereocenters. The highest BCUT2D eigenvalue weighted by atomic mass is 15.3. The molecule has 0 aliphatic heterocycles. The Labute approximate surface area is 78.9 Å². The first-order valence-corrected chi connectivity index (χ1v) is 4.82. The minimum atomic E-state index is 0.231. The molecule has 3 heteroatoms. The normalized spacial score (nSPS) is 21.5. The Morgan fingerprint density at radius 1 is 1.62 bits per heavy atom. The third-order valence-electron chi connectivity index (χ3n) is 3.25. The molecule has 0 aromatic carbocycles. The molecular weight excluding hydrogens is 162 g/mol.